The van der Waals surface area contributed by atoms with E-state index in [0.29, 0.717) is 6.42 Å². The molecule has 2 aromatic heterocycles. The summed E-state index contributed by atoms with van der Waals surface area (Å²) >= 11 is 0. The lowest BCUT2D eigenvalue weighted by molar-refractivity contribution is -0.121. The van der Waals surface area contributed by atoms with E-state index in [2.05, 4.69) is 70.7 Å². The lowest BCUT2D eigenvalue weighted by atomic mass is 10.00. The van der Waals surface area contributed by atoms with Crippen LogP contribution in [0, 0.1) is 6.92 Å². The van der Waals surface area contributed by atoms with E-state index in [9.17, 15) is 4.79 Å². The number of pyridine rings is 2. The molecule has 2 aromatic carbocycles. The van der Waals surface area contributed by atoms with Crippen LogP contribution in [0.4, 0.5) is 0 Å². The Balaban J connectivity index is 1.28. The summed E-state index contributed by atoms with van der Waals surface area (Å²) in [5.74, 6) is 0.0641. The molecule has 0 saturated carbocycles. The highest BCUT2D eigenvalue weighted by Crippen LogP contribution is 2.23. The molecule has 156 valence electrons. The van der Waals surface area contributed by atoms with Crippen molar-refractivity contribution in [2.75, 3.05) is 0 Å². The minimum atomic E-state index is -0.0259. The van der Waals surface area contributed by atoms with Crippen LogP contribution < -0.4 is 5.32 Å². The maximum atomic E-state index is 12.4. The molecule has 0 spiro atoms. The van der Waals surface area contributed by atoms with Crippen LogP contribution in [0.25, 0.3) is 22.2 Å². The van der Waals surface area contributed by atoms with Crippen molar-refractivity contribution < 1.29 is 4.79 Å². The van der Waals surface area contributed by atoms with Crippen LogP contribution in [-0.2, 0) is 11.2 Å². The van der Waals surface area contributed by atoms with Crippen molar-refractivity contribution in [1.82, 2.24) is 15.3 Å². The Morgan fingerprint density at radius 1 is 0.968 bits per heavy atom. The predicted molar refractivity (Wildman–Crippen MR) is 126 cm³/mol. The number of nitrogens with one attached hydrogen (secondary N) is 1. The molecule has 0 radical (unpaired) electrons. The van der Waals surface area contributed by atoms with E-state index >= 15 is 0 Å². The highest BCUT2D eigenvalue weighted by atomic mass is 16.1. The maximum absolute atomic E-state index is 12.4. The molecule has 0 saturated heterocycles. The van der Waals surface area contributed by atoms with Gasteiger partial charge in [-0.25, -0.2) is 9.97 Å². The first kappa shape index (κ1) is 20.7. The summed E-state index contributed by atoms with van der Waals surface area (Å²) in [6.07, 6.45) is 3.75. The van der Waals surface area contributed by atoms with Gasteiger partial charge < -0.3 is 5.32 Å². The molecule has 1 atom stereocenters. The van der Waals surface area contributed by atoms with Gasteiger partial charge in [-0.2, -0.15) is 0 Å². The van der Waals surface area contributed by atoms with Gasteiger partial charge >= 0.3 is 0 Å². The smallest absolute Gasteiger partial charge is 0.220 e. The van der Waals surface area contributed by atoms with Crippen molar-refractivity contribution in [3.63, 3.8) is 0 Å². The molecule has 4 rings (SSSR count). The summed E-state index contributed by atoms with van der Waals surface area (Å²) in [6.45, 7) is 4.12. The topological polar surface area (TPSA) is 54.9 Å². The number of carbonyl (C=O) groups is 1. The third-order valence-electron chi connectivity index (χ3n) is 5.50. The second-order valence-corrected chi connectivity index (χ2v) is 7.99. The molecule has 2 heterocycles. The number of nitrogens with zero attached hydrogens (tertiary/aromatic N) is 2. The van der Waals surface area contributed by atoms with Crippen molar-refractivity contribution in [2.45, 2.75) is 39.2 Å². The van der Waals surface area contributed by atoms with Gasteiger partial charge in [0.1, 0.15) is 0 Å². The molecule has 4 heteroatoms. The molecule has 4 nitrogen and oxygen atoms in total. The van der Waals surface area contributed by atoms with Crippen molar-refractivity contribution in [3.8, 4) is 11.1 Å². The fourth-order valence-electron chi connectivity index (χ4n) is 3.75. The van der Waals surface area contributed by atoms with Gasteiger partial charge in [0.2, 0.25) is 5.91 Å². The third kappa shape index (κ3) is 5.34. The molecule has 4 aromatic rings. The fourth-order valence-corrected chi connectivity index (χ4v) is 3.75. The van der Waals surface area contributed by atoms with E-state index in [4.69, 9.17) is 0 Å². The van der Waals surface area contributed by atoms with Gasteiger partial charge in [-0.1, -0.05) is 54.1 Å². The summed E-state index contributed by atoms with van der Waals surface area (Å²) in [6, 6.07) is 24.8. The minimum Gasteiger partial charge on any atom is -0.350 e. The van der Waals surface area contributed by atoms with Gasteiger partial charge in [-0.05, 0) is 67.6 Å². The molecule has 0 aliphatic carbocycles. The molecule has 0 bridgehead atoms. The van der Waals surface area contributed by atoms with E-state index in [1.54, 1.807) is 6.20 Å². The molecule has 0 fully saturated rings. The Kier molecular flexibility index (Phi) is 6.37. The number of hydrogen-bond acceptors (Lipinski definition) is 3. The molecule has 1 N–H and O–H groups in total. The number of aromatic nitrogens is 2. The van der Waals surface area contributed by atoms with Crippen molar-refractivity contribution in [1.29, 1.82) is 0 Å². The van der Waals surface area contributed by atoms with Crippen LogP contribution in [0.3, 0.4) is 0 Å². The number of hydrogen-bond donors (Lipinski definition) is 1. The number of carbonyl (C=O) groups excluding carboxylic acids is 1. The normalized spacial score (nSPS) is 11.9. The monoisotopic (exact) mass is 409 g/mol. The minimum absolute atomic E-state index is 0.0259. The van der Waals surface area contributed by atoms with Crippen molar-refractivity contribution >= 4 is 16.9 Å². The molecule has 31 heavy (non-hydrogen) atoms. The Labute approximate surface area is 183 Å². The zero-order chi connectivity index (χ0) is 21.6. The predicted octanol–water partition coefficient (Wildman–Crippen LogP) is 5.81. The van der Waals surface area contributed by atoms with Gasteiger partial charge in [0.25, 0.3) is 0 Å². The first-order valence-electron chi connectivity index (χ1n) is 10.8. The Morgan fingerprint density at radius 3 is 2.61 bits per heavy atom. The van der Waals surface area contributed by atoms with Gasteiger partial charge in [-0.15, -0.1) is 0 Å². The Morgan fingerprint density at radius 2 is 1.81 bits per heavy atom. The van der Waals surface area contributed by atoms with Crippen LogP contribution in [-0.4, -0.2) is 15.9 Å². The molecule has 1 unspecified atom stereocenters. The van der Waals surface area contributed by atoms with Crippen LogP contribution in [0.1, 0.15) is 42.6 Å². The number of benzene rings is 2. The first-order valence-corrected chi connectivity index (χ1v) is 10.8. The summed E-state index contributed by atoms with van der Waals surface area (Å²) < 4.78 is 0. The van der Waals surface area contributed by atoms with Crippen molar-refractivity contribution in [2.24, 2.45) is 0 Å². The lowest BCUT2D eigenvalue weighted by Gasteiger charge is -2.15. The second kappa shape index (κ2) is 9.52. The zero-order valence-corrected chi connectivity index (χ0v) is 18.0. The van der Waals surface area contributed by atoms with E-state index < -0.39 is 0 Å². The van der Waals surface area contributed by atoms with Crippen LogP contribution in [0.5, 0.6) is 0 Å². The summed E-state index contributed by atoms with van der Waals surface area (Å²) in [5.41, 5.74) is 6.47. The number of amides is 1. The summed E-state index contributed by atoms with van der Waals surface area (Å²) in [7, 11) is 0. The quantitative estimate of drug-likeness (QED) is 0.419. The SMILES string of the molecule is Cc1cccc(-c2ccc(C(C)NC(=O)CCCc3ccc4cccnc4n3)cc2)c1. The third-order valence-corrected chi connectivity index (χ3v) is 5.50. The Bertz CT molecular complexity index is 1180. The average Bonchev–Trinajstić information content (AvgIpc) is 2.79. The van der Waals surface area contributed by atoms with E-state index in [1.165, 1.54) is 16.7 Å². The van der Waals surface area contributed by atoms with E-state index in [1.807, 2.05) is 31.2 Å². The molecule has 0 aliphatic heterocycles. The molecule has 1 amide bonds. The van der Waals surface area contributed by atoms with Crippen LogP contribution >= 0.6 is 0 Å². The lowest BCUT2D eigenvalue weighted by Crippen LogP contribution is -2.26. The van der Waals surface area contributed by atoms with Gasteiger partial charge in [-0.3, -0.25) is 4.79 Å². The van der Waals surface area contributed by atoms with E-state index in [0.717, 1.165) is 35.1 Å². The fraction of sp³-hybridized carbons (Fsp3) is 0.222. The highest BCUT2D eigenvalue weighted by Gasteiger charge is 2.10. The number of rotatable bonds is 7. The zero-order valence-electron chi connectivity index (χ0n) is 18.0. The average molecular weight is 410 g/mol. The Hall–Kier alpha value is -3.53. The molecular weight excluding hydrogens is 382 g/mol. The number of fused-ring (bicyclic) bond motifs is 1. The van der Waals surface area contributed by atoms with Crippen LogP contribution in [0.2, 0.25) is 0 Å². The summed E-state index contributed by atoms with van der Waals surface area (Å²) in [4.78, 5) is 21.3. The van der Waals surface area contributed by atoms with E-state index in [-0.39, 0.29) is 11.9 Å². The first-order chi connectivity index (χ1) is 15.1. The van der Waals surface area contributed by atoms with Gasteiger partial charge in [0.05, 0.1) is 6.04 Å². The molecule has 0 aliphatic rings. The summed E-state index contributed by atoms with van der Waals surface area (Å²) in [5, 5.41) is 4.14. The number of aryl methyl sites for hydroxylation is 2. The molecular formula is C27H27N3O. The van der Waals surface area contributed by atoms with Gasteiger partial charge in [0, 0.05) is 23.7 Å². The van der Waals surface area contributed by atoms with Crippen molar-refractivity contribution in [3.05, 3.63) is 95.8 Å². The standard InChI is InChI=1S/C27H27N3O/c1-19-6-3-7-24(18-19)22-13-11-21(12-14-22)20(2)29-26(31)10-4-9-25-16-15-23-8-5-17-28-27(23)30-25/h3,5-8,11-18,20H,4,9-10H2,1-2H3,(H,29,31). The highest BCUT2D eigenvalue weighted by molar-refractivity contribution is 5.76. The maximum Gasteiger partial charge on any atom is 0.220 e. The second-order valence-electron chi connectivity index (χ2n) is 7.99. The van der Waals surface area contributed by atoms with Gasteiger partial charge in [0.15, 0.2) is 5.65 Å². The van der Waals surface area contributed by atoms with Crippen LogP contribution in [0.15, 0.2) is 79.0 Å². The largest absolute Gasteiger partial charge is 0.350 e.